The van der Waals surface area contributed by atoms with E-state index in [2.05, 4.69) is 16.1 Å². The van der Waals surface area contributed by atoms with Crippen molar-refractivity contribution in [3.8, 4) is 0 Å². The molecule has 0 radical (unpaired) electrons. The lowest BCUT2D eigenvalue weighted by Crippen LogP contribution is -2.54. The first-order chi connectivity index (χ1) is 24.4. The third-order valence-electron chi connectivity index (χ3n) is 8.34. The van der Waals surface area contributed by atoms with Crippen LogP contribution in [-0.4, -0.2) is 58.9 Å². The number of aliphatic carboxylic acids is 1. The number of ketones is 1. The maximum Gasteiger partial charge on any atom is 0.344 e. The highest BCUT2D eigenvalue weighted by Gasteiger charge is 2.46. The third kappa shape index (κ3) is 8.44. The van der Waals surface area contributed by atoms with Crippen molar-refractivity contribution in [1.29, 1.82) is 0 Å². The summed E-state index contributed by atoms with van der Waals surface area (Å²) in [6.45, 7) is 2.64. The molecule has 11 nitrogen and oxygen atoms in total. The summed E-state index contributed by atoms with van der Waals surface area (Å²) in [5.74, 6) is -7.92. The maximum absolute atomic E-state index is 14.1. The zero-order valence-corrected chi connectivity index (χ0v) is 27.7. The third-order valence-corrected chi connectivity index (χ3v) is 8.34. The lowest BCUT2D eigenvalue weighted by atomic mass is 9.90. The van der Waals surface area contributed by atoms with Crippen LogP contribution in [0.2, 0.25) is 0 Å². The Kier molecular flexibility index (Phi) is 11.2. The average Bonchev–Trinajstić information content (AvgIpc) is 3.53. The fraction of sp³-hybridized carbons (Fsp3) is 0.237. The predicted molar refractivity (Wildman–Crippen MR) is 181 cm³/mol. The molecule has 5 rings (SSSR count). The number of rotatable bonds is 14. The number of carboxylic acids is 1. The standard InChI is InChI=1S/C38H35F2N3O8/c1-22(2)34(42-35(47)26-15-8-13-24-12-6-7-14-25(24)26)30-20-38(51-43-30,19-23-10-4-3-5-11-23)37(49)41-29(18-32(45)46)31(44)21-50-36(48)33-27(39)16-9-17-28(33)40/h3-17,20,22,29,34,43H,18-19,21H2,1-2H3,(H,41,49)(H,42,47)(H,45,46)/t29-,34-,38?/m0/s1. The molecule has 1 unspecified atom stereocenters. The Hall–Kier alpha value is -5.95. The first-order valence-corrected chi connectivity index (χ1v) is 16.0. The molecule has 3 atom stereocenters. The molecule has 4 aromatic carbocycles. The number of Topliss-reactive ketones (excluding diaryl/α,β-unsaturated/α-hetero) is 1. The summed E-state index contributed by atoms with van der Waals surface area (Å²) in [6.07, 6.45) is 0.498. The Bertz CT molecular complexity index is 1980. The van der Waals surface area contributed by atoms with Crippen LogP contribution < -0.4 is 16.1 Å². The van der Waals surface area contributed by atoms with E-state index in [1.54, 1.807) is 42.5 Å². The van der Waals surface area contributed by atoms with Crippen LogP contribution >= 0.6 is 0 Å². The van der Waals surface area contributed by atoms with Gasteiger partial charge in [0.05, 0.1) is 18.2 Å². The molecule has 2 amide bonds. The van der Waals surface area contributed by atoms with E-state index < -0.39 is 71.5 Å². The van der Waals surface area contributed by atoms with Crippen LogP contribution in [0.3, 0.4) is 0 Å². The minimum absolute atomic E-state index is 0.0756. The minimum atomic E-state index is -1.85. The van der Waals surface area contributed by atoms with Gasteiger partial charge in [0.15, 0.2) is 18.0 Å². The molecule has 0 spiro atoms. The van der Waals surface area contributed by atoms with E-state index in [4.69, 9.17) is 9.57 Å². The Labute approximate surface area is 291 Å². The van der Waals surface area contributed by atoms with Gasteiger partial charge in [0.1, 0.15) is 23.2 Å². The number of hydrogen-bond acceptors (Lipinski definition) is 8. The van der Waals surface area contributed by atoms with Crippen LogP contribution in [0, 0.1) is 17.6 Å². The summed E-state index contributed by atoms with van der Waals surface area (Å²) >= 11 is 0. The van der Waals surface area contributed by atoms with Crippen LogP contribution in [0.1, 0.15) is 46.5 Å². The van der Waals surface area contributed by atoms with Gasteiger partial charge in [0.25, 0.3) is 11.8 Å². The fourth-order valence-corrected chi connectivity index (χ4v) is 5.74. The van der Waals surface area contributed by atoms with Crippen molar-refractivity contribution in [1.82, 2.24) is 16.1 Å². The smallest absolute Gasteiger partial charge is 0.344 e. The molecule has 0 aromatic heterocycles. The van der Waals surface area contributed by atoms with Gasteiger partial charge in [-0.3, -0.25) is 29.5 Å². The van der Waals surface area contributed by atoms with Crippen molar-refractivity contribution in [3.63, 3.8) is 0 Å². The number of hydrogen-bond donors (Lipinski definition) is 4. The van der Waals surface area contributed by atoms with Gasteiger partial charge >= 0.3 is 11.9 Å². The molecule has 4 aromatic rings. The maximum atomic E-state index is 14.1. The molecule has 0 bridgehead atoms. The number of carbonyl (C=O) groups is 5. The summed E-state index contributed by atoms with van der Waals surface area (Å²) in [6, 6.07) is 21.9. The molecule has 264 valence electrons. The molecule has 0 saturated heterocycles. The number of fused-ring (bicyclic) bond motifs is 1. The first-order valence-electron chi connectivity index (χ1n) is 16.0. The number of nitrogens with one attached hydrogen (secondary N) is 3. The fourth-order valence-electron chi connectivity index (χ4n) is 5.74. The summed E-state index contributed by atoms with van der Waals surface area (Å²) in [5.41, 5.74) is 1.34. The molecule has 1 aliphatic rings. The van der Waals surface area contributed by atoms with Gasteiger partial charge in [-0.05, 0) is 46.5 Å². The van der Waals surface area contributed by atoms with E-state index in [0.717, 1.165) is 29.0 Å². The van der Waals surface area contributed by atoms with Crippen molar-refractivity contribution >= 4 is 40.3 Å². The molecular formula is C38H35F2N3O8. The van der Waals surface area contributed by atoms with E-state index in [1.165, 1.54) is 6.08 Å². The zero-order valence-electron chi connectivity index (χ0n) is 27.7. The number of benzene rings is 4. The number of amides is 2. The number of hydroxylamine groups is 1. The summed E-state index contributed by atoms with van der Waals surface area (Å²) < 4.78 is 32.9. The number of ether oxygens (including phenoxy) is 1. The Morgan fingerprint density at radius 1 is 0.863 bits per heavy atom. The number of halogens is 2. The number of carboxylic acid groups (broad SMARTS) is 1. The van der Waals surface area contributed by atoms with Gasteiger partial charge in [0.2, 0.25) is 0 Å². The number of esters is 1. The topological polar surface area (TPSA) is 160 Å². The van der Waals surface area contributed by atoms with Gasteiger partial charge in [-0.25, -0.2) is 13.6 Å². The molecule has 13 heteroatoms. The second-order valence-corrected chi connectivity index (χ2v) is 12.3. The van der Waals surface area contributed by atoms with E-state index >= 15 is 0 Å². The zero-order chi connectivity index (χ0) is 36.7. The average molecular weight is 700 g/mol. The van der Waals surface area contributed by atoms with Gasteiger partial charge in [-0.2, -0.15) is 0 Å². The van der Waals surface area contributed by atoms with E-state index in [-0.39, 0.29) is 18.2 Å². The van der Waals surface area contributed by atoms with E-state index in [9.17, 15) is 37.9 Å². The molecule has 0 saturated carbocycles. The normalized spacial score (nSPS) is 16.5. The quantitative estimate of drug-likeness (QED) is 0.137. The lowest BCUT2D eigenvalue weighted by Gasteiger charge is -2.27. The molecular weight excluding hydrogens is 664 g/mol. The van der Waals surface area contributed by atoms with Crippen LogP contribution in [0.5, 0.6) is 0 Å². The van der Waals surface area contributed by atoms with E-state index in [0.29, 0.717) is 16.8 Å². The van der Waals surface area contributed by atoms with Crippen LogP contribution in [0.15, 0.2) is 103 Å². The van der Waals surface area contributed by atoms with Gasteiger partial charge in [-0.15, -0.1) is 0 Å². The molecule has 4 N–H and O–H groups in total. The highest BCUT2D eigenvalue weighted by Crippen LogP contribution is 2.30. The number of carbonyl (C=O) groups excluding carboxylic acids is 4. The first kappa shape index (κ1) is 36.3. The lowest BCUT2D eigenvalue weighted by molar-refractivity contribution is -0.148. The Morgan fingerprint density at radius 2 is 1.51 bits per heavy atom. The minimum Gasteiger partial charge on any atom is -0.481 e. The van der Waals surface area contributed by atoms with Crippen molar-refractivity contribution in [2.75, 3.05) is 6.61 Å². The molecule has 51 heavy (non-hydrogen) atoms. The van der Waals surface area contributed by atoms with Gasteiger partial charge < -0.3 is 20.5 Å². The Morgan fingerprint density at radius 3 is 2.20 bits per heavy atom. The summed E-state index contributed by atoms with van der Waals surface area (Å²) in [7, 11) is 0. The second-order valence-electron chi connectivity index (χ2n) is 12.3. The second kappa shape index (κ2) is 15.7. The van der Waals surface area contributed by atoms with Gasteiger partial charge in [0, 0.05) is 12.0 Å². The predicted octanol–water partition coefficient (Wildman–Crippen LogP) is 4.66. The Balaban J connectivity index is 1.40. The summed E-state index contributed by atoms with van der Waals surface area (Å²) in [4.78, 5) is 70.9. The van der Waals surface area contributed by atoms with Crippen LogP contribution in [0.4, 0.5) is 8.78 Å². The van der Waals surface area contributed by atoms with Crippen molar-refractivity contribution in [3.05, 3.63) is 131 Å². The molecule has 0 fully saturated rings. The summed E-state index contributed by atoms with van der Waals surface area (Å²) in [5, 5.41) is 16.6. The van der Waals surface area contributed by atoms with Gasteiger partial charge in [-0.1, -0.05) is 86.6 Å². The highest BCUT2D eigenvalue weighted by molar-refractivity contribution is 6.07. The highest BCUT2D eigenvalue weighted by atomic mass is 19.1. The molecule has 1 heterocycles. The van der Waals surface area contributed by atoms with Crippen LogP contribution in [-0.2, 0) is 30.4 Å². The van der Waals surface area contributed by atoms with E-state index in [1.807, 2.05) is 44.2 Å². The van der Waals surface area contributed by atoms with Crippen LogP contribution in [0.25, 0.3) is 10.8 Å². The molecule has 0 aliphatic carbocycles. The van der Waals surface area contributed by atoms with Crippen molar-refractivity contribution < 1.29 is 47.4 Å². The largest absolute Gasteiger partial charge is 0.481 e. The van der Waals surface area contributed by atoms with Crippen molar-refractivity contribution in [2.45, 2.75) is 44.4 Å². The molecule has 1 aliphatic heterocycles. The SMILES string of the molecule is CC(C)[C@H](NC(=O)c1cccc2ccccc12)C1=CC(Cc2ccccc2)(C(=O)N[C@@H](CC(=O)O)C(=O)COC(=O)c2c(F)cccc2F)ON1. The van der Waals surface area contributed by atoms with Crippen molar-refractivity contribution in [2.24, 2.45) is 5.92 Å². The monoisotopic (exact) mass is 699 g/mol.